The van der Waals surface area contributed by atoms with Crippen LogP contribution in [0, 0.1) is 5.41 Å². The van der Waals surface area contributed by atoms with Crippen LogP contribution in [-0.2, 0) is 11.2 Å². The third kappa shape index (κ3) is 1.76. The highest BCUT2D eigenvalue weighted by molar-refractivity contribution is 7.17. The van der Waals surface area contributed by atoms with Gasteiger partial charge >= 0.3 is 0 Å². The van der Waals surface area contributed by atoms with Gasteiger partial charge in [0.2, 0.25) is 0 Å². The molecule has 2 N–H and O–H groups in total. The maximum atomic E-state index is 6.14. The first kappa shape index (κ1) is 11.9. The molecule has 1 aromatic heterocycles. The van der Waals surface area contributed by atoms with Gasteiger partial charge in [-0.05, 0) is 48.1 Å². The van der Waals surface area contributed by atoms with Crippen molar-refractivity contribution in [2.45, 2.75) is 37.9 Å². The lowest BCUT2D eigenvalue weighted by molar-refractivity contribution is 0.0638. The third-order valence-corrected chi connectivity index (χ3v) is 5.95. The fourth-order valence-electron chi connectivity index (χ4n) is 3.91. The molecule has 2 saturated heterocycles. The summed E-state index contributed by atoms with van der Waals surface area (Å²) in [7, 11) is 0. The second kappa shape index (κ2) is 4.30. The van der Waals surface area contributed by atoms with Gasteiger partial charge in [0.15, 0.2) is 0 Å². The Hall–Kier alpha value is -0.900. The van der Waals surface area contributed by atoms with E-state index in [1.54, 1.807) is 0 Å². The summed E-state index contributed by atoms with van der Waals surface area (Å²) >= 11 is 1.84. The lowest BCUT2D eigenvalue weighted by Gasteiger charge is -2.34. The number of hydrogen-bond acceptors (Lipinski definition) is 3. The minimum atomic E-state index is 0.187. The van der Waals surface area contributed by atoms with Gasteiger partial charge in [-0.2, -0.15) is 0 Å². The van der Waals surface area contributed by atoms with E-state index in [1.807, 2.05) is 11.3 Å². The smallest absolute Gasteiger partial charge is 0.0652 e. The summed E-state index contributed by atoms with van der Waals surface area (Å²) in [6, 6.07) is 8.68. The zero-order valence-electron chi connectivity index (χ0n) is 11.0. The molecule has 4 rings (SSSR count). The molecular weight excluding hydrogens is 254 g/mol. The number of nitrogens with two attached hydrogens (primary N) is 1. The Bertz CT molecular complexity index is 608. The van der Waals surface area contributed by atoms with Gasteiger partial charge in [-0.25, -0.2) is 0 Å². The van der Waals surface area contributed by atoms with E-state index in [2.05, 4.69) is 29.6 Å². The molecule has 0 saturated carbocycles. The van der Waals surface area contributed by atoms with E-state index in [9.17, 15) is 0 Å². The van der Waals surface area contributed by atoms with Crippen LogP contribution in [0.15, 0.2) is 29.6 Å². The van der Waals surface area contributed by atoms with Crippen LogP contribution in [0.4, 0.5) is 0 Å². The molecule has 2 bridgehead atoms. The molecule has 100 valence electrons. The van der Waals surface area contributed by atoms with Gasteiger partial charge in [-0.3, -0.25) is 0 Å². The first-order chi connectivity index (χ1) is 9.31. The Morgan fingerprint density at radius 2 is 2.21 bits per heavy atom. The minimum Gasteiger partial charge on any atom is -0.374 e. The van der Waals surface area contributed by atoms with E-state index < -0.39 is 0 Å². The van der Waals surface area contributed by atoms with Gasteiger partial charge in [0.25, 0.3) is 0 Å². The lowest BCUT2D eigenvalue weighted by atomic mass is 9.70. The van der Waals surface area contributed by atoms with Crippen molar-refractivity contribution in [3.8, 4) is 0 Å². The molecule has 0 aliphatic carbocycles. The molecule has 2 aliphatic heterocycles. The lowest BCUT2D eigenvalue weighted by Crippen LogP contribution is -2.41. The quantitative estimate of drug-likeness (QED) is 0.931. The Kier molecular flexibility index (Phi) is 2.69. The Labute approximate surface area is 117 Å². The average molecular weight is 273 g/mol. The van der Waals surface area contributed by atoms with Crippen molar-refractivity contribution in [3.05, 3.63) is 35.2 Å². The highest BCUT2D eigenvalue weighted by Gasteiger charge is 2.51. The molecule has 3 atom stereocenters. The van der Waals surface area contributed by atoms with Crippen LogP contribution in [0.3, 0.4) is 0 Å². The summed E-state index contributed by atoms with van der Waals surface area (Å²) in [5.41, 5.74) is 7.79. The first-order valence-electron chi connectivity index (χ1n) is 7.11. The van der Waals surface area contributed by atoms with Gasteiger partial charge < -0.3 is 10.5 Å². The van der Waals surface area contributed by atoms with Gasteiger partial charge in [-0.15, -0.1) is 11.3 Å². The summed E-state index contributed by atoms with van der Waals surface area (Å²) in [6.45, 7) is 0.748. The Morgan fingerprint density at radius 1 is 1.32 bits per heavy atom. The molecular formula is C16H19NOS. The Balaban J connectivity index is 1.70. The minimum absolute atomic E-state index is 0.187. The molecule has 19 heavy (non-hydrogen) atoms. The molecule has 2 aliphatic rings. The van der Waals surface area contributed by atoms with E-state index >= 15 is 0 Å². The van der Waals surface area contributed by atoms with Crippen LogP contribution in [0.5, 0.6) is 0 Å². The maximum absolute atomic E-state index is 6.14. The zero-order valence-corrected chi connectivity index (χ0v) is 11.8. The Morgan fingerprint density at radius 3 is 2.95 bits per heavy atom. The molecule has 0 spiro atoms. The molecule has 2 fully saturated rings. The molecule has 2 nitrogen and oxygen atoms in total. The molecule has 3 heteroatoms. The van der Waals surface area contributed by atoms with E-state index in [0.29, 0.717) is 12.2 Å². The third-order valence-electron chi connectivity index (χ3n) is 4.93. The van der Waals surface area contributed by atoms with Crippen molar-refractivity contribution in [2.24, 2.45) is 11.1 Å². The predicted octanol–water partition coefficient (Wildman–Crippen LogP) is 3.34. The summed E-state index contributed by atoms with van der Waals surface area (Å²) in [5.74, 6) is 0. The predicted molar refractivity (Wildman–Crippen MR) is 79.5 cm³/mol. The molecule has 2 aromatic rings. The number of hydrogen-bond donors (Lipinski definition) is 1. The summed E-state index contributed by atoms with van der Waals surface area (Å²) in [5, 5.41) is 3.72. The van der Waals surface area contributed by atoms with Gasteiger partial charge in [0.05, 0.1) is 12.2 Å². The van der Waals surface area contributed by atoms with E-state index in [4.69, 9.17) is 10.5 Å². The summed E-state index contributed by atoms with van der Waals surface area (Å²) in [4.78, 5) is 0. The largest absolute Gasteiger partial charge is 0.374 e. The first-order valence-corrected chi connectivity index (χ1v) is 7.99. The van der Waals surface area contributed by atoms with Gasteiger partial charge in [0.1, 0.15) is 0 Å². The van der Waals surface area contributed by atoms with Crippen LogP contribution in [0.1, 0.15) is 24.8 Å². The number of ether oxygens (including phenoxy) is 1. The van der Waals surface area contributed by atoms with Crippen molar-refractivity contribution >= 4 is 21.4 Å². The summed E-state index contributed by atoms with van der Waals surface area (Å²) in [6.07, 6.45) is 5.52. The monoisotopic (exact) mass is 273 g/mol. The SMILES string of the molecule is NCC1(Cc2csc3ccccc23)CC2CCC1O2. The maximum Gasteiger partial charge on any atom is 0.0652 e. The summed E-state index contributed by atoms with van der Waals surface area (Å²) < 4.78 is 7.45. The topological polar surface area (TPSA) is 35.2 Å². The normalized spacial score (nSPS) is 33.3. The van der Waals surface area contributed by atoms with Crippen molar-refractivity contribution in [2.75, 3.05) is 6.54 Å². The standard InChI is InChI=1S/C16H19NOS/c17-10-16(8-12-5-6-15(16)18-12)7-11-9-19-14-4-2-1-3-13(11)14/h1-4,9,12,15H,5-8,10,17H2. The molecule has 3 unspecified atom stereocenters. The number of fused-ring (bicyclic) bond motifs is 3. The zero-order chi connectivity index (χ0) is 12.9. The van der Waals surface area contributed by atoms with Crippen molar-refractivity contribution in [1.29, 1.82) is 0 Å². The van der Waals surface area contributed by atoms with Crippen LogP contribution in [-0.4, -0.2) is 18.8 Å². The van der Waals surface area contributed by atoms with E-state index in [1.165, 1.54) is 28.5 Å². The molecule has 0 radical (unpaired) electrons. The van der Waals surface area contributed by atoms with Gasteiger partial charge in [0, 0.05) is 16.7 Å². The second-order valence-electron chi connectivity index (χ2n) is 6.03. The van der Waals surface area contributed by atoms with E-state index in [0.717, 1.165) is 19.4 Å². The molecule has 0 amide bonds. The number of benzene rings is 1. The highest BCUT2D eigenvalue weighted by Crippen LogP contribution is 2.49. The fourth-order valence-corrected chi connectivity index (χ4v) is 4.88. The molecule has 3 heterocycles. The van der Waals surface area contributed by atoms with E-state index in [-0.39, 0.29) is 5.41 Å². The fraction of sp³-hybridized carbons (Fsp3) is 0.500. The number of rotatable bonds is 3. The average Bonchev–Trinajstić information content (AvgIpc) is 3.14. The highest BCUT2D eigenvalue weighted by atomic mass is 32.1. The molecule has 1 aromatic carbocycles. The number of thiophene rings is 1. The van der Waals surface area contributed by atoms with Crippen LogP contribution in [0.2, 0.25) is 0 Å². The van der Waals surface area contributed by atoms with Gasteiger partial charge in [-0.1, -0.05) is 18.2 Å². The van der Waals surface area contributed by atoms with Crippen LogP contribution >= 0.6 is 11.3 Å². The van der Waals surface area contributed by atoms with Crippen LogP contribution in [0.25, 0.3) is 10.1 Å². The van der Waals surface area contributed by atoms with Crippen molar-refractivity contribution in [1.82, 2.24) is 0 Å². The van der Waals surface area contributed by atoms with Crippen LogP contribution < -0.4 is 5.73 Å². The second-order valence-corrected chi connectivity index (χ2v) is 6.94. The van der Waals surface area contributed by atoms with Crippen molar-refractivity contribution in [3.63, 3.8) is 0 Å². The van der Waals surface area contributed by atoms with Crippen molar-refractivity contribution < 1.29 is 4.74 Å².